The van der Waals surface area contributed by atoms with Crippen LogP contribution in [0.2, 0.25) is 0 Å². The molecule has 0 fully saturated rings. The van der Waals surface area contributed by atoms with Crippen molar-refractivity contribution in [3.8, 4) is 0 Å². The molecule has 1 N–H and O–H groups in total. The summed E-state index contributed by atoms with van der Waals surface area (Å²) in [5, 5.41) is 2.23. The minimum atomic E-state index is -0.607. The summed E-state index contributed by atoms with van der Waals surface area (Å²) in [4.78, 5) is 10.8. The van der Waals surface area contributed by atoms with E-state index in [4.69, 9.17) is 9.47 Å². The van der Waals surface area contributed by atoms with Gasteiger partial charge in [-0.1, -0.05) is 0 Å². The molecule has 0 aliphatic carbocycles. The van der Waals surface area contributed by atoms with Gasteiger partial charge in [-0.3, -0.25) is 5.32 Å². The summed E-state index contributed by atoms with van der Waals surface area (Å²) in [5.41, 5.74) is 0. The summed E-state index contributed by atoms with van der Waals surface area (Å²) >= 11 is 4.67. The van der Waals surface area contributed by atoms with Crippen LogP contribution >= 0.6 is 12.2 Å². The number of ether oxygens (including phenoxy) is 3. The van der Waals surface area contributed by atoms with Crippen LogP contribution in [0.3, 0.4) is 0 Å². The lowest BCUT2D eigenvalue weighted by atomic mass is 10.8. The third-order valence-corrected chi connectivity index (χ3v) is 1.22. The summed E-state index contributed by atoms with van der Waals surface area (Å²) in [6, 6.07) is 0. The molecule has 0 saturated heterocycles. The SMILES string of the molecule is CCOC(=O)NC(=S)OCCOC. The zero-order valence-electron chi connectivity index (χ0n) is 7.66. The van der Waals surface area contributed by atoms with Gasteiger partial charge < -0.3 is 14.2 Å². The van der Waals surface area contributed by atoms with Gasteiger partial charge in [-0.05, 0) is 19.1 Å². The lowest BCUT2D eigenvalue weighted by Crippen LogP contribution is -2.32. The Morgan fingerprint density at radius 1 is 1.38 bits per heavy atom. The van der Waals surface area contributed by atoms with Gasteiger partial charge in [0.05, 0.1) is 13.2 Å². The quantitative estimate of drug-likeness (QED) is 0.542. The van der Waals surface area contributed by atoms with Gasteiger partial charge in [0, 0.05) is 7.11 Å². The van der Waals surface area contributed by atoms with Gasteiger partial charge in [0.25, 0.3) is 5.17 Å². The molecular formula is C7H13NO4S. The Balaban J connectivity index is 3.44. The van der Waals surface area contributed by atoms with Crippen molar-refractivity contribution in [1.29, 1.82) is 0 Å². The van der Waals surface area contributed by atoms with Crippen LogP contribution in [0.1, 0.15) is 6.92 Å². The van der Waals surface area contributed by atoms with Crippen molar-refractivity contribution in [2.45, 2.75) is 6.92 Å². The molecule has 0 rings (SSSR count). The number of thiocarbonyl (C=S) groups is 1. The predicted molar refractivity (Wildman–Crippen MR) is 50.6 cm³/mol. The van der Waals surface area contributed by atoms with Crippen LogP contribution in [0.4, 0.5) is 4.79 Å². The molecule has 0 heterocycles. The van der Waals surface area contributed by atoms with Crippen molar-refractivity contribution < 1.29 is 19.0 Å². The highest BCUT2D eigenvalue weighted by molar-refractivity contribution is 7.80. The number of hydrogen-bond acceptors (Lipinski definition) is 5. The molecule has 0 saturated carbocycles. The average Bonchev–Trinajstić information content (AvgIpc) is 2.05. The van der Waals surface area contributed by atoms with Gasteiger partial charge in [0.2, 0.25) is 0 Å². The van der Waals surface area contributed by atoms with Crippen LogP contribution in [-0.4, -0.2) is 38.2 Å². The first-order chi connectivity index (χ1) is 6.20. The Hall–Kier alpha value is -0.880. The highest BCUT2D eigenvalue weighted by atomic mass is 32.1. The van der Waals surface area contributed by atoms with Gasteiger partial charge in [-0.15, -0.1) is 0 Å². The van der Waals surface area contributed by atoms with Gasteiger partial charge in [-0.25, -0.2) is 4.79 Å². The van der Waals surface area contributed by atoms with E-state index >= 15 is 0 Å². The zero-order valence-corrected chi connectivity index (χ0v) is 8.48. The van der Waals surface area contributed by atoms with E-state index in [2.05, 4.69) is 22.3 Å². The summed E-state index contributed by atoms with van der Waals surface area (Å²) < 4.78 is 14.2. The topological polar surface area (TPSA) is 56.8 Å². The molecule has 0 bridgehead atoms. The van der Waals surface area contributed by atoms with Gasteiger partial charge in [-0.2, -0.15) is 0 Å². The number of carbonyl (C=O) groups is 1. The van der Waals surface area contributed by atoms with Gasteiger partial charge in [0.15, 0.2) is 0 Å². The molecule has 1 amide bonds. The molecule has 0 unspecified atom stereocenters. The summed E-state index contributed by atoms with van der Waals surface area (Å²) in [6.45, 7) is 2.73. The fraction of sp³-hybridized carbons (Fsp3) is 0.714. The van der Waals surface area contributed by atoms with E-state index in [1.165, 1.54) is 0 Å². The standard InChI is InChI=1S/C7H13NO4S/c1-3-11-6(9)8-7(13)12-5-4-10-2/h3-5H2,1-2H3,(H,8,9,13). The smallest absolute Gasteiger partial charge is 0.414 e. The Morgan fingerprint density at radius 3 is 2.62 bits per heavy atom. The lowest BCUT2D eigenvalue weighted by Gasteiger charge is -2.07. The second-order valence-corrected chi connectivity index (χ2v) is 2.34. The predicted octanol–water partition coefficient (Wildman–Crippen LogP) is 0.680. The molecule has 0 radical (unpaired) electrons. The Kier molecular flexibility index (Phi) is 7.23. The van der Waals surface area contributed by atoms with Crippen molar-refractivity contribution in [1.82, 2.24) is 5.32 Å². The molecule has 0 atom stereocenters. The molecule has 0 aromatic carbocycles. The van der Waals surface area contributed by atoms with Gasteiger partial charge in [0.1, 0.15) is 6.61 Å². The molecule has 0 spiro atoms. The first-order valence-electron chi connectivity index (χ1n) is 3.80. The zero-order chi connectivity index (χ0) is 10.1. The van der Waals surface area contributed by atoms with Crippen LogP contribution < -0.4 is 5.32 Å². The third-order valence-electron chi connectivity index (χ3n) is 1.00. The van der Waals surface area contributed by atoms with Crippen LogP contribution in [-0.2, 0) is 14.2 Å². The highest BCUT2D eigenvalue weighted by Crippen LogP contribution is 1.82. The number of hydrogen-bond donors (Lipinski definition) is 1. The molecule has 13 heavy (non-hydrogen) atoms. The van der Waals surface area contributed by atoms with Crippen LogP contribution in [0.25, 0.3) is 0 Å². The average molecular weight is 207 g/mol. The number of carbonyl (C=O) groups excluding carboxylic acids is 1. The largest absolute Gasteiger partial charge is 0.468 e. The van der Waals surface area contributed by atoms with E-state index in [0.717, 1.165) is 0 Å². The first-order valence-corrected chi connectivity index (χ1v) is 4.21. The van der Waals surface area contributed by atoms with Crippen molar-refractivity contribution in [3.63, 3.8) is 0 Å². The maximum atomic E-state index is 10.8. The van der Waals surface area contributed by atoms with Crippen molar-refractivity contribution in [2.75, 3.05) is 26.9 Å². The number of nitrogens with one attached hydrogen (secondary N) is 1. The van der Waals surface area contributed by atoms with Crippen molar-refractivity contribution in [3.05, 3.63) is 0 Å². The molecule has 5 nitrogen and oxygen atoms in total. The van der Waals surface area contributed by atoms with E-state index in [9.17, 15) is 4.79 Å². The Bertz CT molecular complexity index is 174. The van der Waals surface area contributed by atoms with Crippen LogP contribution in [0.15, 0.2) is 0 Å². The molecule has 0 aromatic rings. The number of methoxy groups -OCH3 is 1. The molecule has 0 aliphatic heterocycles. The van der Waals surface area contributed by atoms with E-state index < -0.39 is 6.09 Å². The summed E-state index contributed by atoms with van der Waals surface area (Å²) in [5.74, 6) is 0. The van der Waals surface area contributed by atoms with E-state index in [1.54, 1.807) is 14.0 Å². The number of alkyl carbamates (subject to hydrolysis) is 1. The number of rotatable bonds is 4. The van der Waals surface area contributed by atoms with E-state index in [-0.39, 0.29) is 5.17 Å². The minimum absolute atomic E-state index is 0.00417. The number of amides is 1. The minimum Gasteiger partial charge on any atom is -0.468 e. The Morgan fingerprint density at radius 2 is 2.08 bits per heavy atom. The second kappa shape index (κ2) is 7.75. The molecule has 0 aliphatic rings. The van der Waals surface area contributed by atoms with Crippen LogP contribution in [0, 0.1) is 0 Å². The van der Waals surface area contributed by atoms with Crippen molar-refractivity contribution in [2.24, 2.45) is 0 Å². The second-order valence-electron chi connectivity index (χ2n) is 1.97. The van der Waals surface area contributed by atoms with Crippen molar-refractivity contribution >= 4 is 23.5 Å². The fourth-order valence-corrected chi connectivity index (χ4v) is 0.671. The van der Waals surface area contributed by atoms with E-state index in [0.29, 0.717) is 19.8 Å². The first kappa shape index (κ1) is 12.1. The summed E-state index contributed by atoms with van der Waals surface area (Å²) in [6.07, 6.45) is -0.607. The molecular weight excluding hydrogens is 194 g/mol. The molecule has 76 valence electrons. The Labute approximate surface area is 82.3 Å². The van der Waals surface area contributed by atoms with Gasteiger partial charge >= 0.3 is 6.09 Å². The van der Waals surface area contributed by atoms with E-state index in [1.807, 2.05) is 0 Å². The maximum absolute atomic E-state index is 10.8. The van der Waals surface area contributed by atoms with Crippen LogP contribution in [0.5, 0.6) is 0 Å². The normalized spacial score (nSPS) is 9.08. The highest BCUT2D eigenvalue weighted by Gasteiger charge is 2.04. The molecule has 6 heteroatoms. The maximum Gasteiger partial charge on any atom is 0.414 e. The monoisotopic (exact) mass is 207 g/mol. The third kappa shape index (κ3) is 7.48. The lowest BCUT2D eigenvalue weighted by molar-refractivity contribution is 0.134. The fourth-order valence-electron chi connectivity index (χ4n) is 0.504. The molecule has 0 aromatic heterocycles. The summed E-state index contributed by atoms with van der Waals surface area (Å²) in [7, 11) is 1.55.